The van der Waals surface area contributed by atoms with Crippen molar-refractivity contribution in [2.24, 2.45) is 0 Å². The quantitative estimate of drug-likeness (QED) is 0.882. The van der Waals surface area contributed by atoms with Gasteiger partial charge in [0.25, 0.3) is 0 Å². The maximum Gasteiger partial charge on any atom is 0.126 e. The molecule has 0 bridgehead atoms. The molecule has 0 saturated heterocycles. The minimum Gasteiger partial charge on any atom is -0.364 e. The van der Waals surface area contributed by atoms with Crippen molar-refractivity contribution < 1.29 is 4.52 Å². The predicted molar refractivity (Wildman–Crippen MR) is 66.8 cm³/mol. The summed E-state index contributed by atoms with van der Waals surface area (Å²) < 4.78 is 4.76. The first-order valence-corrected chi connectivity index (χ1v) is 5.65. The van der Waals surface area contributed by atoms with Crippen LogP contribution in [0.1, 0.15) is 32.0 Å². The molecule has 0 aliphatic carbocycles. The maximum atomic E-state index is 4.76. The van der Waals surface area contributed by atoms with Crippen molar-refractivity contribution >= 4 is 5.82 Å². The Morgan fingerprint density at radius 2 is 2.06 bits per heavy atom. The molecule has 17 heavy (non-hydrogen) atoms. The Morgan fingerprint density at radius 3 is 2.59 bits per heavy atom. The lowest BCUT2D eigenvalue weighted by molar-refractivity contribution is 0.412. The second kappa shape index (κ2) is 4.57. The number of pyridine rings is 1. The first-order valence-electron chi connectivity index (χ1n) is 5.65. The molecule has 0 aromatic carbocycles. The van der Waals surface area contributed by atoms with Gasteiger partial charge in [-0.25, -0.2) is 4.98 Å². The first kappa shape index (κ1) is 11.6. The molecule has 0 spiro atoms. The van der Waals surface area contributed by atoms with Gasteiger partial charge in [0.05, 0.1) is 6.54 Å². The highest BCUT2D eigenvalue weighted by Gasteiger charge is 2.13. The predicted octanol–water partition coefficient (Wildman–Crippen LogP) is 2.98. The Balaban J connectivity index is 1.99. The molecule has 90 valence electrons. The van der Waals surface area contributed by atoms with E-state index >= 15 is 0 Å². The molecule has 0 atom stereocenters. The lowest BCUT2D eigenvalue weighted by Gasteiger charge is -2.18. The van der Waals surface area contributed by atoms with Crippen LogP contribution in [0.25, 0.3) is 0 Å². The summed E-state index contributed by atoms with van der Waals surface area (Å²) in [5, 5.41) is 7.01. The van der Waals surface area contributed by atoms with E-state index in [9.17, 15) is 0 Å². The lowest BCUT2D eigenvalue weighted by Crippen LogP contribution is -2.11. The van der Waals surface area contributed by atoms with E-state index in [4.69, 9.17) is 4.52 Å². The third kappa shape index (κ3) is 3.06. The molecule has 1 N–H and O–H groups in total. The highest BCUT2D eigenvalue weighted by Crippen LogP contribution is 2.21. The van der Waals surface area contributed by atoms with Crippen LogP contribution in [0.4, 0.5) is 5.82 Å². The number of nitrogens with one attached hydrogen (secondary N) is 1. The van der Waals surface area contributed by atoms with E-state index in [2.05, 4.69) is 42.3 Å². The number of rotatable bonds is 3. The molecule has 0 amide bonds. The largest absolute Gasteiger partial charge is 0.364 e. The van der Waals surface area contributed by atoms with Gasteiger partial charge in [-0.05, 0) is 17.0 Å². The summed E-state index contributed by atoms with van der Waals surface area (Å²) in [4.78, 5) is 4.38. The fourth-order valence-electron chi connectivity index (χ4n) is 1.45. The molecule has 2 aromatic heterocycles. The van der Waals surface area contributed by atoms with Gasteiger partial charge in [0.2, 0.25) is 0 Å². The zero-order valence-corrected chi connectivity index (χ0v) is 10.4. The minimum absolute atomic E-state index is 0.137. The summed E-state index contributed by atoms with van der Waals surface area (Å²) in [6.07, 6.45) is 3.47. The van der Waals surface area contributed by atoms with Crippen LogP contribution in [0, 0.1) is 0 Å². The van der Waals surface area contributed by atoms with Gasteiger partial charge in [-0.3, -0.25) is 0 Å². The van der Waals surface area contributed by atoms with Gasteiger partial charge in [-0.2, -0.15) is 0 Å². The monoisotopic (exact) mass is 231 g/mol. The van der Waals surface area contributed by atoms with Crippen molar-refractivity contribution in [3.05, 3.63) is 41.9 Å². The van der Waals surface area contributed by atoms with E-state index in [-0.39, 0.29) is 5.41 Å². The standard InChI is InChI=1S/C13H17N3O/c1-13(2,3)10-4-5-12(14-8-10)15-9-11-6-7-17-16-11/h4-8H,9H2,1-3H3,(H,14,15). The highest BCUT2D eigenvalue weighted by molar-refractivity contribution is 5.37. The number of hydrogen-bond donors (Lipinski definition) is 1. The molecular formula is C13H17N3O. The molecule has 0 fully saturated rings. The number of anilines is 1. The summed E-state index contributed by atoms with van der Waals surface area (Å²) in [5.74, 6) is 0.848. The average Bonchev–Trinajstić information content (AvgIpc) is 2.78. The third-order valence-electron chi connectivity index (χ3n) is 2.57. The van der Waals surface area contributed by atoms with Gasteiger partial charge in [0.1, 0.15) is 17.8 Å². The van der Waals surface area contributed by atoms with E-state index < -0.39 is 0 Å². The Morgan fingerprint density at radius 1 is 1.24 bits per heavy atom. The summed E-state index contributed by atoms with van der Waals surface area (Å²) in [6, 6.07) is 5.91. The molecule has 4 heteroatoms. The van der Waals surface area contributed by atoms with Crippen LogP contribution in [0.2, 0.25) is 0 Å². The van der Waals surface area contributed by atoms with Gasteiger partial charge in [0, 0.05) is 12.3 Å². The molecule has 0 aliphatic heterocycles. The second-order valence-electron chi connectivity index (χ2n) is 5.03. The smallest absolute Gasteiger partial charge is 0.126 e. The van der Waals surface area contributed by atoms with Crippen molar-refractivity contribution in [1.82, 2.24) is 10.1 Å². The van der Waals surface area contributed by atoms with E-state index in [1.807, 2.05) is 18.3 Å². The van der Waals surface area contributed by atoms with Crippen molar-refractivity contribution in [1.29, 1.82) is 0 Å². The van der Waals surface area contributed by atoms with Gasteiger partial charge in [0.15, 0.2) is 0 Å². The SMILES string of the molecule is CC(C)(C)c1ccc(NCc2ccon2)nc1. The van der Waals surface area contributed by atoms with Crippen LogP contribution >= 0.6 is 0 Å². The first-order chi connectivity index (χ1) is 8.05. The summed E-state index contributed by atoms with van der Waals surface area (Å²) in [6.45, 7) is 7.14. The second-order valence-corrected chi connectivity index (χ2v) is 5.03. The third-order valence-corrected chi connectivity index (χ3v) is 2.57. The number of nitrogens with zero attached hydrogens (tertiary/aromatic N) is 2. The summed E-state index contributed by atoms with van der Waals surface area (Å²) in [5.41, 5.74) is 2.23. The van der Waals surface area contributed by atoms with E-state index in [0.717, 1.165) is 11.5 Å². The fourth-order valence-corrected chi connectivity index (χ4v) is 1.45. The summed E-state index contributed by atoms with van der Waals surface area (Å²) >= 11 is 0. The number of aromatic nitrogens is 2. The van der Waals surface area contributed by atoms with Crippen LogP contribution in [0.3, 0.4) is 0 Å². The van der Waals surface area contributed by atoms with E-state index in [1.165, 1.54) is 5.56 Å². The highest BCUT2D eigenvalue weighted by atomic mass is 16.5. The molecule has 0 saturated carbocycles. The summed E-state index contributed by atoms with van der Waals surface area (Å²) in [7, 11) is 0. The molecule has 2 heterocycles. The molecule has 2 rings (SSSR count). The lowest BCUT2D eigenvalue weighted by atomic mass is 9.88. The van der Waals surface area contributed by atoms with Crippen molar-refractivity contribution in [3.8, 4) is 0 Å². The van der Waals surface area contributed by atoms with Gasteiger partial charge in [-0.1, -0.05) is 32.0 Å². The van der Waals surface area contributed by atoms with Crippen LogP contribution in [0.15, 0.2) is 35.2 Å². The van der Waals surface area contributed by atoms with Crippen LogP contribution in [-0.2, 0) is 12.0 Å². The molecule has 2 aromatic rings. The van der Waals surface area contributed by atoms with E-state index in [0.29, 0.717) is 6.54 Å². The molecule has 0 radical (unpaired) electrons. The van der Waals surface area contributed by atoms with Crippen molar-refractivity contribution in [2.45, 2.75) is 32.7 Å². The Bertz CT molecular complexity index is 454. The molecular weight excluding hydrogens is 214 g/mol. The molecule has 0 unspecified atom stereocenters. The zero-order chi connectivity index (χ0) is 12.3. The van der Waals surface area contributed by atoms with E-state index in [1.54, 1.807) is 6.26 Å². The maximum absolute atomic E-state index is 4.76. The normalized spacial score (nSPS) is 11.5. The van der Waals surface area contributed by atoms with Crippen LogP contribution < -0.4 is 5.32 Å². The Hall–Kier alpha value is -1.84. The Kier molecular flexibility index (Phi) is 3.13. The zero-order valence-electron chi connectivity index (χ0n) is 10.4. The van der Waals surface area contributed by atoms with Gasteiger partial charge >= 0.3 is 0 Å². The number of hydrogen-bond acceptors (Lipinski definition) is 4. The molecule has 4 nitrogen and oxygen atoms in total. The van der Waals surface area contributed by atoms with Gasteiger partial charge in [-0.15, -0.1) is 0 Å². The van der Waals surface area contributed by atoms with Crippen LogP contribution in [-0.4, -0.2) is 10.1 Å². The average molecular weight is 231 g/mol. The Labute approximate surface area is 101 Å². The fraction of sp³-hybridized carbons (Fsp3) is 0.385. The molecule has 0 aliphatic rings. The van der Waals surface area contributed by atoms with Crippen LogP contribution in [0.5, 0.6) is 0 Å². The van der Waals surface area contributed by atoms with Crippen molar-refractivity contribution in [2.75, 3.05) is 5.32 Å². The minimum atomic E-state index is 0.137. The van der Waals surface area contributed by atoms with Crippen molar-refractivity contribution in [3.63, 3.8) is 0 Å². The topological polar surface area (TPSA) is 51.0 Å². The van der Waals surface area contributed by atoms with Gasteiger partial charge < -0.3 is 9.84 Å².